The molecule has 0 aliphatic heterocycles. The van der Waals surface area contributed by atoms with Gasteiger partial charge in [0.15, 0.2) is 5.76 Å². The summed E-state index contributed by atoms with van der Waals surface area (Å²) in [6, 6.07) is 7.56. The Hall–Kier alpha value is -2.60. The lowest BCUT2D eigenvalue weighted by molar-refractivity contribution is 0.0526. The number of rotatable bonds is 4. The van der Waals surface area contributed by atoms with Gasteiger partial charge in [-0.25, -0.2) is 4.79 Å². The number of furan rings is 1. The van der Waals surface area contributed by atoms with Gasteiger partial charge in [0, 0.05) is 15.8 Å². The van der Waals surface area contributed by atoms with Crippen LogP contribution in [0.25, 0.3) is 11.0 Å². The number of thiophene rings is 1. The van der Waals surface area contributed by atoms with E-state index in [1.54, 1.807) is 6.92 Å². The van der Waals surface area contributed by atoms with Crippen molar-refractivity contribution in [2.24, 2.45) is 0 Å². The zero-order valence-corrected chi connectivity index (χ0v) is 16.2. The normalized spacial score (nSPS) is 13.4. The van der Waals surface area contributed by atoms with Crippen LogP contribution in [0.1, 0.15) is 56.7 Å². The van der Waals surface area contributed by atoms with E-state index in [-0.39, 0.29) is 17.6 Å². The lowest BCUT2D eigenvalue weighted by atomic mass is 9.95. The van der Waals surface area contributed by atoms with Crippen molar-refractivity contribution >= 4 is 39.2 Å². The second-order valence-corrected chi connectivity index (χ2v) is 7.75. The van der Waals surface area contributed by atoms with Crippen LogP contribution in [0.3, 0.4) is 0 Å². The second-order valence-electron chi connectivity index (χ2n) is 6.64. The van der Waals surface area contributed by atoms with Crippen molar-refractivity contribution < 1.29 is 18.7 Å². The standard InChI is InChI=1S/C21H21NO4S/c1-3-25-21(24)17-14-9-5-7-11-16(14)27-20(17)22-19(23)18-12(2)13-8-4-6-10-15(13)26-18/h4,6,8,10H,3,5,7,9,11H2,1-2H3,(H,22,23). The van der Waals surface area contributed by atoms with Crippen LogP contribution in [-0.2, 0) is 17.6 Å². The fourth-order valence-electron chi connectivity index (χ4n) is 3.62. The molecule has 5 nitrogen and oxygen atoms in total. The number of esters is 1. The van der Waals surface area contributed by atoms with Crippen molar-refractivity contribution in [1.82, 2.24) is 0 Å². The third kappa shape index (κ3) is 3.14. The van der Waals surface area contributed by atoms with Gasteiger partial charge in [0.2, 0.25) is 0 Å². The quantitative estimate of drug-likeness (QED) is 0.636. The Kier molecular flexibility index (Phi) is 4.74. The van der Waals surface area contributed by atoms with Gasteiger partial charge in [0.25, 0.3) is 5.91 Å². The number of benzene rings is 1. The van der Waals surface area contributed by atoms with E-state index in [0.29, 0.717) is 22.8 Å². The number of carbonyl (C=O) groups is 2. The van der Waals surface area contributed by atoms with Gasteiger partial charge in [-0.05, 0) is 51.2 Å². The molecule has 0 unspecified atom stereocenters. The molecule has 0 fully saturated rings. The number of nitrogens with one attached hydrogen (secondary N) is 1. The molecule has 1 aromatic carbocycles. The van der Waals surface area contributed by atoms with Crippen LogP contribution >= 0.6 is 11.3 Å². The molecular formula is C21H21NO4S. The van der Waals surface area contributed by atoms with Crippen LogP contribution in [0.4, 0.5) is 5.00 Å². The predicted molar refractivity (Wildman–Crippen MR) is 106 cm³/mol. The molecule has 0 bridgehead atoms. The number of hydrogen-bond acceptors (Lipinski definition) is 5. The topological polar surface area (TPSA) is 68.5 Å². The van der Waals surface area contributed by atoms with Gasteiger partial charge in [-0.2, -0.15) is 0 Å². The molecule has 1 amide bonds. The van der Waals surface area contributed by atoms with Crippen LogP contribution in [0, 0.1) is 6.92 Å². The largest absolute Gasteiger partial charge is 0.462 e. The summed E-state index contributed by atoms with van der Waals surface area (Å²) in [5.41, 5.74) is 3.01. The van der Waals surface area contributed by atoms with Gasteiger partial charge in [-0.3, -0.25) is 4.79 Å². The zero-order chi connectivity index (χ0) is 19.0. The van der Waals surface area contributed by atoms with Gasteiger partial charge in [-0.15, -0.1) is 11.3 Å². The molecule has 1 aliphatic carbocycles. The molecule has 140 valence electrons. The zero-order valence-electron chi connectivity index (χ0n) is 15.4. The van der Waals surface area contributed by atoms with Gasteiger partial charge < -0.3 is 14.5 Å². The lowest BCUT2D eigenvalue weighted by Crippen LogP contribution is -2.16. The summed E-state index contributed by atoms with van der Waals surface area (Å²) in [7, 11) is 0. The highest BCUT2D eigenvalue weighted by Gasteiger charge is 2.28. The average Bonchev–Trinajstić information content (AvgIpc) is 3.20. The number of anilines is 1. The monoisotopic (exact) mass is 383 g/mol. The lowest BCUT2D eigenvalue weighted by Gasteiger charge is -2.12. The number of amides is 1. The minimum absolute atomic E-state index is 0.275. The summed E-state index contributed by atoms with van der Waals surface area (Å²) in [6.45, 7) is 3.96. The smallest absolute Gasteiger partial charge is 0.341 e. The van der Waals surface area contributed by atoms with Gasteiger partial charge >= 0.3 is 5.97 Å². The predicted octanol–water partition coefficient (Wildman–Crippen LogP) is 5.11. The summed E-state index contributed by atoms with van der Waals surface area (Å²) in [4.78, 5) is 26.6. The summed E-state index contributed by atoms with van der Waals surface area (Å²) in [5, 5.41) is 4.39. The SMILES string of the molecule is CCOC(=O)c1c(NC(=O)c2oc3ccccc3c2C)sc2c1CCCC2. The Balaban J connectivity index is 1.71. The van der Waals surface area contributed by atoms with E-state index >= 15 is 0 Å². The summed E-state index contributed by atoms with van der Waals surface area (Å²) in [6.07, 6.45) is 3.93. The van der Waals surface area contributed by atoms with Crippen molar-refractivity contribution in [3.63, 3.8) is 0 Å². The number of fused-ring (bicyclic) bond motifs is 2. The Labute approximate surface area is 161 Å². The first-order valence-corrected chi connectivity index (χ1v) is 10.0. The highest BCUT2D eigenvalue weighted by atomic mass is 32.1. The molecule has 2 heterocycles. The first kappa shape index (κ1) is 17.8. The van der Waals surface area contributed by atoms with Crippen molar-refractivity contribution in [1.29, 1.82) is 0 Å². The molecule has 4 rings (SSSR count). The maximum Gasteiger partial charge on any atom is 0.341 e. The molecule has 1 N–H and O–H groups in total. The van der Waals surface area contributed by atoms with E-state index < -0.39 is 0 Å². The Bertz CT molecular complexity index is 1030. The molecule has 0 saturated heterocycles. The Morgan fingerprint density at radius 2 is 2.00 bits per heavy atom. The van der Waals surface area contributed by atoms with Crippen molar-refractivity contribution in [2.75, 3.05) is 11.9 Å². The molecule has 0 spiro atoms. The summed E-state index contributed by atoms with van der Waals surface area (Å²) >= 11 is 1.48. The fourth-order valence-corrected chi connectivity index (χ4v) is 4.90. The van der Waals surface area contributed by atoms with Gasteiger partial charge in [0.05, 0.1) is 12.2 Å². The first-order valence-electron chi connectivity index (χ1n) is 9.21. The third-order valence-corrected chi connectivity index (χ3v) is 6.14. The highest BCUT2D eigenvalue weighted by Crippen LogP contribution is 2.39. The third-order valence-electron chi connectivity index (χ3n) is 4.93. The average molecular weight is 383 g/mol. The maximum absolute atomic E-state index is 12.9. The Morgan fingerprint density at radius 1 is 1.22 bits per heavy atom. The van der Waals surface area contributed by atoms with Crippen LogP contribution in [0.2, 0.25) is 0 Å². The maximum atomic E-state index is 12.9. The molecule has 27 heavy (non-hydrogen) atoms. The van der Waals surface area contributed by atoms with Gasteiger partial charge in [-0.1, -0.05) is 18.2 Å². The number of carbonyl (C=O) groups excluding carboxylic acids is 2. The second kappa shape index (κ2) is 7.19. The van der Waals surface area contributed by atoms with E-state index in [4.69, 9.17) is 9.15 Å². The minimum atomic E-state index is -0.367. The van der Waals surface area contributed by atoms with E-state index in [9.17, 15) is 9.59 Å². The number of aryl methyl sites for hydroxylation is 2. The van der Waals surface area contributed by atoms with Crippen LogP contribution < -0.4 is 5.32 Å². The number of hydrogen-bond donors (Lipinski definition) is 1. The molecule has 3 aromatic rings. The first-order chi connectivity index (χ1) is 13.1. The molecule has 6 heteroatoms. The number of para-hydroxylation sites is 1. The van der Waals surface area contributed by atoms with E-state index in [2.05, 4.69) is 5.32 Å². The molecule has 0 saturated carbocycles. The Morgan fingerprint density at radius 3 is 2.78 bits per heavy atom. The molecule has 1 aliphatic rings. The summed E-state index contributed by atoms with van der Waals surface area (Å²) < 4.78 is 11.0. The fraction of sp³-hybridized carbons (Fsp3) is 0.333. The van der Waals surface area contributed by atoms with Crippen molar-refractivity contribution in [3.8, 4) is 0 Å². The van der Waals surface area contributed by atoms with E-state index in [1.165, 1.54) is 16.2 Å². The van der Waals surface area contributed by atoms with Crippen molar-refractivity contribution in [3.05, 3.63) is 51.6 Å². The minimum Gasteiger partial charge on any atom is -0.462 e. The van der Waals surface area contributed by atoms with Crippen LogP contribution in [0.15, 0.2) is 28.7 Å². The molecule has 0 radical (unpaired) electrons. The van der Waals surface area contributed by atoms with Gasteiger partial charge in [0.1, 0.15) is 10.6 Å². The number of ether oxygens (including phenoxy) is 1. The van der Waals surface area contributed by atoms with E-state index in [0.717, 1.165) is 42.2 Å². The molecule has 0 atom stereocenters. The van der Waals surface area contributed by atoms with E-state index in [1.807, 2.05) is 31.2 Å². The summed E-state index contributed by atoms with van der Waals surface area (Å²) in [5.74, 6) is -0.432. The molecular weight excluding hydrogens is 362 g/mol. The van der Waals surface area contributed by atoms with Crippen LogP contribution in [-0.4, -0.2) is 18.5 Å². The van der Waals surface area contributed by atoms with Crippen molar-refractivity contribution in [2.45, 2.75) is 39.5 Å². The van der Waals surface area contributed by atoms with Crippen LogP contribution in [0.5, 0.6) is 0 Å². The molecule has 2 aromatic heterocycles. The highest BCUT2D eigenvalue weighted by molar-refractivity contribution is 7.17.